The van der Waals surface area contributed by atoms with Gasteiger partial charge in [0, 0.05) is 28.7 Å². The van der Waals surface area contributed by atoms with Crippen LogP contribution in [0.1, 0.15) is 0 Å². The van der Waals surface area contributed by atoms with Crippen molar-refractivity contribution in [2.75, 3.05) is 0 Å². The number of fused-ring (bicyclic) bond motifs is 5. The predicted molar refractivity (Wildman–Crippen MR) is 185 cm³/mol. The fraction of sp³-hybridized carbons (Fsp3) is 0. The Morgan fingerprint density at radius 2 is 1.04 bits per heavy atom. The minimum absolute atomic E-state index is 0.151. The summed E-state index contributed by atoms with van der Waals surface area (Å²) in [7, 11) is 0. The Bertz CT molecular complexity index is 2610. The monoisotopic (exact) mass is 597 g/mol. The van der Waals surface area contributed by atoms with Crippen molar-refractivity contribution in [3.05, 3.63) is 128 Å². The molecule has 0 spiro atoms. The Kier molecular flexibility index (Phi) is 5.60. The van der Waals surface area contributed by atoms with E-state index >= 15 is 0 Å². The summed E-state index contributed by atoms with van der Waals surface area (Å²) in [6, 6.07) is 38.5. The van der Waals surface area contributed by atoms with Crippen molar-refractivity contribution < 1.29 is 10.2 Å². The van der Waals surface area contributed by atoms with E-state index in [0.717, 1.165) is 75.4 Å². The standard InChI is InChI=1S/C39H23N3O2S/c43-32-17-15-25(28-9-5-19-40-37(28)32)35-23-7-1-2-8-24(23)36(26-16-18-33(44)38-29(26)10-6-20-41-38)30-21-22(13-14-27(30)35)39-42-31-11-3-4-12-34(31)45-39/h1-21,43-44H. The van der Waals surface area contributed by atoms with Crippen LogP contribution in [-0.2, 0) is 0 Å². The molecule has 45 heavy (non-hydrogen) atoms. The number of phenols is 2. The maximum Gasteiger partial charge on any atom is 0.141 e. The number of rotatable bonds is 3. The minimum atomic E-state index is 0.151. The smallest absolute Gasteiger partial charge is 0.141 e. The predicted octanol–water partition coefficient (Wildman–Crippen LogP) is 10.1. The number of hydrogen-bond donors (Lipinski definition) is 2. The van der Waals surface area contributed by atoms with Gasteiger partial charge < -0.3 is 10.2 Å². The number of nitrogens with zero attached hydrogens (tertiary/aromatic N) is 3. The first kappa shape index (κ1) is 25.6. The molecule has 3 aromatic heterocycles. The number of para-hydroxylation sites is 1. The zero-order chi connectivity index (χ0) is 30.1. The number of benzene rings is 6. The molecular formula is C39H23N3O2S. The van der Waals surface area contributed by atoms with Crippen molar-refractivity contribution in [3.8, 4) is 44.3 Å². The van der Waals surface area contributed by atoms with E-state index in [-0.39, 0.29) is 11.5 Å². The summed E-state index contributed by atoms with van der Waals surface area (Å²) in [6.45, 7) is 0. The highest BCUT2D eigenvalue weighted by atomic mass is 32.1. The van der Waals surface area contributed by atoms with Gasteiger partial charge in [-0.05, 0) is 98.4 Å². The molecule has 9 rings (SSSR count). The normalized spacial score (nSPS) is 11.7. The van der Waals surface area contributed by atoms with E-state index in [9.17, 15) is 10.2 Å². The molecule has 2 N–H and O–H groups in total. The van der Waals surface area contributed by atoms with Crippen molar-refractivity contribution in [1.29, 1.82) is 0 Å². The maximum absolute atomic E-state index is 10.8. The van der Waals surface area contributed by atoms with E-state index in [0.29, 0.717) is 11.0 Å². The van der Waals surface area contributed by atoms with E-state index in [4.69, 9.17) is 4.98 Å². The third-order valence-electron chi connectivity index (χ3n) is 8.60. The molecular weight excluding hydrogens is 575 g/mol. The van der Waals surface area contributed by atoms with E-state index in [2.05, 4.69) is 58.5 Å². The van der Waals surface area contributed by atoms with Gasteiger partial charge >= 0.3 is 0 Å². The summed E-state index contributed by atoms with van der Waals surface area (Å²) < 4.78 is 1.14. The average Bonchev–Trinajstić information content (AvgIpc) is 3.53. The molecule has 0 amide bonds. The zero-order valence-electron chi connectivity index (χ0n) is 23.8. The van der Waals surface area contributed by atoms with Gasteiger partial charge in [0.15, 0.2) is 0 Å². The van der Waals surface area contributed by atoms with Crippen LogP contribution < -0.4 is 0 Å². The Morgan fingerprint density at radius 1 is 0.489 bits per heavy atom. The fourth-order valence-electron chi connectivity index (χ4n) is 6.64. The van der Waals surface area contributed by atoms with Crippen LogP contribution in [0.25, 0.3) is 86.4 Å². The van der Waals surface area contributed by atoms with E-state index in [1.54, 1.807) is 35.9 Å². The van der Waals surface area contributed by atoms with Gasteiger partial charge in [0.25, 0.3) is 0 Å². The molecule has 0 atom stereocenters. The molecule has 0 saturated heterocycles. The lowest BCUT2D eigenvalue weighted by molar-refractivity contribution is 0.480. The molecule has 0 radical (unpaired) electrons. The summed E-state index contributed by atoms with van der Waals surface area (Å²) >= 11 is 1.68. The number of hydrogen-bond acceptors (Lipinski definition) is 6. The molecule has 9 aromatic rings. The molecule has 5 nitrogen and oxygen atoms in total. The maximum atomic E-state index is 10.8. The number of phenolic OH excluding ortho intramolecular Hbond substituents is 2. The first-order valence-electron chi connectivity index (χ1n) is 14.6. The molecule has 0 aliphatic carbocycles. The second-order valence-electron chi connectivity index (χ2n) is 11.1. The van der Waals surface area contributed by atoms with Crippen molar-refractivity contribution in [2.45, 2.75) is 0 Å². The van der Waals surface area contributed by atoms with Crippen LogP contribution in [0.4, 0.5) is 0 Å². The quantitative estimate of drug-likeness (QED) is 0.198. The molecule has 6 aromatic carbocycles. The van der Waals surface area contributed by atoms with Gasteiger partial charge in [0.2, 0.25) is 0 Å². The van der Waals surface area contributed by atoms with Crippen molar-refractivity contribution in [3.63, 3.8) is 0 Å². The molecule has 3 heterocycles. The lowest BCUT2D eigenvalue weighted by atomic mass is 9.83. The lowest BCUT2D eigenvalue weighted by Crippen LogP contribution is -1.94. The zero-order valence-corrected chi connectivity index (χ0v) is 24.6. The van der Waals surface area contributed by atoms with Crippen LogP contribution in [0.2, 0.25) is 0 Å². The summed E-state index contributed by atoms with van der Waals surface area (Å²) in [4.78, 5) is 14.0. The van der Waals surface area contributed by atoms with E-state index < -0.39 is 0 Å². The first-order valence-corrected chi connectivity index (χ1v) is 15.5. The van der Waals surface area contributed by atoms with Crippen LogP contribution in [0.3, 0.4) is 0 Å². The number of pyridine rings is 2. The van der Waals surface area contributed by atoms with Gasteiger partial charge in [-0.2, -0.15) is 0 Å². The van der Waals surface area contributed by atoms with Gasteiger partial charge in [0.05, 0.1) is 10.2 Å². The Morgan fingerprint density at radius 3 is 1.69 bits per heavy atom. The molecule has 0 unspecified atom stereocenters. The molecule has 0 saturated carbocycles. The third kappa shape index (κ3) is 3.89. The highest BCUT2D eigenvalue weighted by Crippen LogP contribution is 2.48. The van der Waals surface area contributed by atoms with Gasteiger partial charge in [-0.3, -0.25) is 9.97 Å². The van der Waals surface area contributed by atoms with Gasteiger partial charge in [0.1, 0.15) is 27.5 Å². The molecule has 0 aliphatic rings. The summed E-state index contributed by atoms with van der Waals surface area (Å²) in [5.74, 6) is 0.304. The molecule has 0 aliphatic heterocycles. The molecule has 0 bridgehead atoms. The van der Waals surface area contributed by atoms with Crippen LogP contribution >= 0.6 is 11.3 Å². The molecule has 6 heteroatoms. The van der Waals surface area contributed by atoms with Crippen molar-refractivity contribution in [2.24, 2.45) is 0 Å². The largest absolute Gasteiger partial charge is 0.506 e. The molecule has 0 fully saturated rings. The van der Waals surface area contributed by atoms with E-state index in [1.807, 2.05) is 54.6 Å². The van der Waals surface area contributed by atoms with E-state index in [1.165, 1.54) is 0 Å². The second-order valence-corrected chi connectivity index (χ2v) is 12.1. The van der Waals surface area contributed by atoms with Crippen LogP contribution in [0.15, 0.2) is 128 Å². The number of aromatic nitrogens is 3. The minimum Gasteiger partial charge on any atom is -0.506 e. The van der Waals surface area contributed by atoms with Crippen molar-refractivity contribution in [1.82, 2.24) is 15.0 Å². The van der Waals surface area contributed by atoms with Crippen LogP contribution in [0.5, 0.6) is 11.5 Å². The van der Waals surface area contributed by atoms with Gasteiger partial charge in [-0.15, -0.1) is 11.3 Å². The number of aromatic hydroxyl groups is 2. The number of thiazole rings is 1. The fourth-order valence-corrected chi connectivity index (χ4v) is 7.60. The highest BCUT2D eigenvalue weighted by Gasteiger charge is 2.21. The van der Waals surface area contributed by atoms with Gasteiger partial charge in [-0.1, -0.05) is 60.7 Å². The Labute approximate surface area is 261 Å². The molecule has 212 valence electrons. The third-order valence-corrected chi connectivity index (χ3v) is 9.69. The highest BCUT2D eigenvalue weighted by molar-refractivity contribution is 7.21. The lowest BCUT2D eigenvalue weighted by Gasteiger charge is -2.20. The Balaban J connectivity index is 1.46. The first-order chi connectivity index (χ1) is 22.2. The van der Waals surface area contributed by atoms with Crippen molar-refractivity contribution >= 4 is 64.9 Å². The van der Waals surface area contributed by atoms with Crippen LogP contribution in [0, 0.1) is 0 Å². The topological polar surface area (TPSA) is 79.1 Å². The Hall–Kier alpha value is -5.85. The SMILES string of the molecule is Oc1ccc(-c2c3ccccc3c(-c3ccc(O)c4ncccc34)c3cc(-c4nc5ccccc5s4)ccc23)c2cccnc12. The van der Waals surface area contributed by atoms with Gasteiger partial charge in [-0.25, -0.2) is 4.98 Å². The summed E-state index contributed by atoms with van der Waals surface area (Å²) in [6.07, 6.45) is 3.42. The second kappa shape index (κ2) is 9.84. The summed E-state index contributed by atoms with van der Waals surface area (Å²) in [5, 5.41) is 28.4. The average molecular weight is 598 g/mol. The summed E-state index contributed by atoms with van der Waals surface area (Å²) in [5.41, 5.74) is 7.26. The van der Waals surface area contributed by atoms with Crippen LogP contribution in [-0.4, -0.2) is 25.2 Å².